The molecule has 0 radical (unpaired) electrons. The zero-order valence-electron chi connectivity index (χ0n) is 8.90. The normalized spacial score (nSPS) is 29.9. The van der Waals surface area contributed by atoms with Gasteiger partial charge in [-0.2, -0.15) is 0 Å². The summed E-state index contributed by atoms with van der Waals surface area (Å²) >= 11 is 1.82. The molecule has 3 heterocycles. The third kappa shape index (κ3) is 1.33. The topological polar surface area (TPSA) is 20.3 Å². The van der Waals surface area contributed by atoms with E-state index in [4.69, 9.17) is 0 Å². The Bertz CT molecular complexity index is 398. The van der Waals surface area contributed by atoms with E-state index in [0.717, 1.165) is 6.54 Å². The molecule has 3 heteroatoms. The minimum atomic E-state index is 0.331. The van der Waals surface area contributed by atoms with Crippen molar-refractivity contribution in [2.45, 2.75) is 32.2 Å². The zero-order chi connectivity index (χ0) is 10.4. The minimum Gasteiger partial charge on any atom is -0.334 e. The second-order valence-corrected chi connectivity index (χ2v) is 5.59. The molecule has 0 aliphatic carbocycles. The number of fused-ring (bicyclic) bond motifs is 3. The Kier molecular flexibility index (Phi) is 2.09. The molecule has 0 bridgehead atoms. The van der Waals surface area contributed by atoms with Gasteiger partial charge in [-0.1, -0.05) is 6.92 Å². The maximum Gasteiger partial charge on any atom is 0.227 e. The second kappa shape index (κ2) is 3.34. The Hall–Kier alpha value is -0.830. The van der Waals surface area contributed by atoms with Gasteiger partial charge < -0.3 is 4.90 Å². The van der Waals surface area contributed by atoms with Crippen LogP contribution < -0.4 is 0 Å². The van der Waals surface area contributed by atoms with Crippen LogP contribution >= 0.6 is 11.3 Å². The van der Waals surface area contributed by atoms with E-state index in [0.29, 0.717) is 24.3 Å². The van der Waals surface area contributed by atoms with Crippen molar-refractivity contribution >= 4 is 17.2 Å². The van der Waals surface area contributed by atoms with Crippen LogP contribution in [-0.4, -0.2) is 17.4 Å². The number of amides is 1. The molecule has 80 valence electrons. The highest BCUT2D eigenvalue weighted by atomic mass is 32.1. The van der Waals surface area contributed by atoms with Crippen LogP contribution in [0, 0.1) is 5.92 Å². The van der Waals surface area contributed by atoms with Gasteiger partial charge in [0.05, 0.1) is 12.5 Å². The summed E-state index contributed by atoms with van der Waals surface area (Å²) in [5.41, 5.74) is 1.28. The van der Waals surface area contributed by atoms with E-state index in [9.17, 15) is 4.79 Å². The maximum absolute atomic E-state index is 12.0. The predicted molar refractivity (Wildman–Crippen MR) is 60.9 cm³/mol. The molecule has 0 aromatic carbocycles. The number of carbonyl (C=O) groups excluding carboxylic acids is 1. The number of carbonyl (C=O) groups is 1. The lowest BCUT2D eigenvalue weighted by molar-refractivity contribution is -0.136. The van der Waals surface area contributed by atoms with Gasteiger partial charge in [0.1, 0.15) is 0 Å². The van der Waals surface area contributed by atoms with Gasteiger partial charge in [0.25, 0.3) is 0 Å². The molecule has 2 nitrogen and oxygen atoms in total. The van der Waals surface area contributed by atoms with E-state index < -0.39 is 0 Å². The first-order valence-electron chi connectivity index (χ1n) is 5.63. The van der Waals surface area contributed by atoms with Gasteiger partial charge in [-0.3, -0.25) is 4.79 Å². The molecule has 15 heavy (non-hydrogen) atoms. The van der Waals surface area contributed by atoms with Gasteiger partial charge >= 0.3 is 0 Å². The monoisotopic (exact) mass is 221 g/mol. The van der Waals surface area contributed by atoms with Crippen molar-refractivity contribution in [3.05, 3.63) is 21.9 Å². The number of hydrogen-bond donors (Lipinski definition) is 0. The standard InChI is InChI=1S/C12H15NOS/c1-8-3-2-5-13-10(14)7-9-4-6-15-12(9)11(8)13/h4,6,8,11H,2-3,5,7H2,1H3/t8-,11-/m0/s1. The van der Waals surface area contributed by atoms with Gasteiger partial charge in [0.15, 0.2) is 0 Å². The molecule has 1 amide bonds. The van der Waals surface area contributed by atoms with Gasteiger partial charge in [0, 0.05) is 11.4 Å². The van der Waals surface area contributed by atoms with Crippen molar-refractivity contribution in [1.29, 1.82) is 0 Å². The Morgan fingerprint density at radius 2 is 2.40 bits per heavy atom. The van der Waals surface area contributed by atoms with E-state index in [1.165, 1.54) is 23.3 Å². The predicted octanol–water partition coefficient (Wildman–Crippen LogP) is 2.60. The molecule has 0 saturated carbocycles. The highest BCUT2D eigenvalue weighted by Crippen LogP contribution is 2.42. The fourth-order valence-electron chi connectivity index (χ4n) is 2.88. The summed E-state index contributed by atoms with van der Waals surface area (Å²) in [7, 11) is 0. The summed E-state index contributed by atoms with van der Waals surface area (Å²) in [5, 5.41) is 2.13. The van der Waals surface area contributed by atoms with Crippen molar-refractivity contribution in [3.63, 3.8) is 0 Å². The lowest BCUT2D eigenvalue weighted by atomic mass is 9.85. The van der Waals surface area contributed by atoms with Crippen molar-refractivity contribution in [1.82, 2.24) is 4.90 Å². The Morgan fingerprint density at radius 3 is 3.27 bits per heavy atom. The number of hydrogen-bond acceptors (Lipinski definition) is 2. The quantitative estimate of drug-likeness (QED) is 0.659. The molecule has 2 atom stereocenters. The first-order valence-corrected chi connectivity index (χ1v) is 6.51. The first kappa shape index (κ1) is 9.40. The first-order chi connectivity index (χ1) is 7.27. The lowest BCUT2D eigenvalue weighted by Gasteiger charge is -2.42. The van der Waals surface area contributed by atoms with Gasteiger partial charge in [-0.25, -0.2) is 0 Å². The van der Waals surface area contributed by atoms with E-state index in [2.05, 4.69) is 23.3 Å². The number of nitrogens with zero attached hydrogens (tertiary/aromatic N) is 1. The summed E-state index contributed by atoms with van der Waals surface area (Å²) in [6, 6.07) is 2.51. The summed E-state index contributed by atoms with van der Waals surface area (Å²) in [6.45, 7) is 3.24. The summed E-state index contributed by atoms with van der Waals surface area (Å²) < 4.78 is 0. The second-order valence-electron chi connectivity index (χ2n) is 4.64. The lowest BCUT2D eigenvalue weighted by Crippen LogP contribution is -2.45. The highest BCUT2D eigenvalue weighted by Gasteiger charge is 2.38. The molecule has 1 saturated heterocycles. The van der Waals surface area contributed by atoms with Crippen molar-refractivity contribution in [3.8, 4) is 0 Å². The van der Waals surface area contributed by atoms with Crippen LogP contribution in [0.3, 0.4) is 0 Å². The largest absolute Gasteiger partial charge is 0.334 e. The molecule has 0 spiro atoms. The van der Waals surface area contributed by atoms with Crippen molar-refractivity contribution < 1.29 is 4.79 Å². The van der Waals surface area contributed by atoms with E-state index >= 15 is 0 Å². The Morgan fingerprint density at radius 1 is 1.53 bits per heavy atom. The SMILES string of the molecule is C[C@H]1CCCN2C(=O)Cc3ccsc3[C@H]12. The smallest absolute Gasteiger partial charge is 0.227 e. The van der Waals surface area contributed by atoms with E-state index in [-0.39, 0.29) is 0 Å². The van der Waals surface area contributed by atoms with Crippen LogP contribution in [-0.2, 0) is 11.2 Å². The maximum atomic E-state index is 12.0. The summed E-state index contributed by atoms with van der Waals surface area (Å²) in [6.07, 6.45) is 3.05. The number of piperidine rings is 1. The molecular formula is C12H15NOS. The molecule has 1 aromatic rings. The molecule has 1 fully saturated rings. The van der Waals surface area contributed by atoms with Crippen molar-refractivity contribution in [2.75, 3.05) is 6.54 Å². The Balaban J connectivity index is 2.06. The van der Waals surface area contributed by atoms with Crippen LogP contribution in [0.4, 0.5) is 0 Å². The highest BCUT2D eigenvalue weighted by molar-refractivity contribution is 7.10. The summed E-state index contributed by atoms with van der Waals surface area (Å²) in [5.74, 6) is 0.956. The third-order valence-electron chi connectivity index (χ3n) is 3.64. The third-order valence-corrected chi connectivity index (χ3v) is 4.67. The average Bonchev–Trinajstić information content (AvgIpc) is 2.66. The van der Waals surface area contributed by atoms with Crippen molar-refractivity contribution in [2.24, 2.45) is 5.92 Å². The number of rotatable bonds is 0. The molecule has 2 aliphatic rings. The van der Waals surface area contributed by atoms with Gasteiger partial charge in [0.2, 0.25) is 5.91 Å². The fourth-order valence-corrected chi connectivity index (χ4v) is 4.05. The molecule has 1 aromatic heterocycles. The van der Waals surface area contributed by atoms with Crippen LogP contribution in [0.15, 0.2) is 11.4 Å². The van der Waals surface area contributed by atoms with Crippen LogP contribution in [0.5, 0.6) is 0 Å². The van der Waals surface area contributed by atoms with Gasteiger partial charge in [-0.05, 0) is 35.8 Å². The van der Waals surface area contributed by atoms with Crippen LogP contribution in [0.25, 0.3) is 0 Å². The molecule has 0 N–H and O–H groups in total. The zero-order valence-corrected chi connectivity index (χ0v) is 9.72. The molecule has 0 unspecified atom stereocenters. The fraction of sp³-hybridized carbons (Fsp3) is 0.583. The van der Waals surface area contributed by atoms with E-state index in [1.54, 1.807) is 0 Å². The molecular weight excluding hydrogens is 206 g/mol. The summed E-state index contributed by atoms with van der Waals surface area (Å²) in [4.78, 5) is 15.5. The van der Waals surface area contributed by atoms with Crippen LogP contribution in [0.1, 0.15) is 36.2 Å². The molecule has 2 aliphatic heterocycles. The average molecular weight is 221 g/mol. The minimum absolute atomic E-state index is 0.331. The van der Waals surface area contributed by atoms with Crippen LogP contribution in [0.2, 0.25) is 0 Å². The number of thiophene rings is 1. The molecule has 3 rings (SSSR count). The van der Waals surface area contributed by atoms with Gasteiger partial charge in [-0.15, -0.1) is 11.3 Å². The van der Waals surface area contributed by atoms with E-state index in [1.807, 2.05) is 11.3 Å². The Labute approximate surface area is 93.9 Å².